The Balaban J connectivity index is 3.56. The average Bonchev–Trinajstić information content (AvgIpc) is 2.68. The van der Waals surface area contributed by atoms with E-state index in [1.54, 1.807) is 0 Å². The van der Waals surface area contributed by atoms with Crippen LogP contribution in [0.1, 0.15) is 79.1 Å². The molecule has 0 atom stereocenters. The molecule has 0 bridgehead atoms. The Labute approximate surface area is 184 Å². The Morgan fingerprint density at radius 2 is 1.07 bits per heavy atom. The summed E-state index contributed by atoms with van der Waals surface area (Å²) < 4.78 is 10.1. The molecule has 0 heterocycles. The van der Waals surface area contributed by atoms with Crippen LogP contribution in [0, 0.1) is 0 Å². The fourth-order valence-electron chi connectivity index (χ4n) is 2.28. The number of allylic oxidation sites excluding steroid dienone is 12. The van der Waals surface area contributed by atoms with E-state index in [4.69, 9.17) is 9.47 Å². The van der Waals surface area contributed by atoms with Crippen molar-refractivity contribution >= 4 is 6.16 Å². The largest absolute Gasteiger partial charge is 0.508 e. The molecule has 0 aromatic heterocycles. The lowest BCUT2D eigenvalue weighted by Crippen LogP contribution is -2.24. The van der Waals surface area contributed by atoms with Gasteiger partial charge < -0.3 is 9.47 Å². The van der Waals surface area contributed by atoms with Crippen LogP contribution in [0.5, 0.6) is 0 Å². The molecular formula is C27H42O3. The van der Waals surface area contributed by atoms with Crippen molar-refractivity contribution in [1.82, 2.24) is 0 Å². The Morgan fingerprint density at radius 1 is 0.667 bits per heavy atom. The highest BCUT2D eigenvalue weighted by molar-refractivity contribution is 5.60. The van der Waals surface area contributed by atoms with Crippen molar-refractivity contribution in [2.24, 2.45) is 0 Å². The SMILES string of the molecule is CC/C=C/C/C=C/C/C=C/C/C=C/C/C=C/C/C=C/CCCOC(=O)OC(C)(C)C. The molecule has 0 aromatic rings. The van der Waals surface area contributed by atoms with E-state index in [2.05, 4.69) is 79.8 Å². The van der Waals surface area contributed by atoms with Crippen LogP contribution in [-0.2, 0) is 9.47 Å². The highest BCUT2D eigenvalue weighted by Gasteiger charge is 2.16. The van der Waals surface area contributed by atoms with Gasteiger partial charge in [-0.3, -0.25) is 0 Å². The number of ether oxygens (including phenoxy) is 2. The molecule has 0 N–H and O–H groups in total. The van der Waals surface area contributed by atoms with Gasteiger partial charge in [0, 0.05) is 0 Å². The van der Waals surface area contributed by atoms with Gasteiger partial charge in [0.15, 0.2) is 0 Å². The molecule has 0 fully saturated rings. The quantitative estimate of drug-likeness (QED) is 0.153. The Morgan fingerprint density at radius 3 is 1.47 bits per heavy atom. The van der Waals surface area contributed by atoms with Crippen LogP contribution in [0.15, 0.2) is 72.9 Å². The third kappa shape index (κ3) is 23.7. The van der Waals surface area contributed by atoms with Gasteiger partial charge in [0.2, 0.25) is 0 Å². The molecular weight excluding hydrogens is 372 g/mol. The van der Waals surface area contributed by atoms with Gasteiger partial charge in [-0.2, -0.15) is 0 Å². The molecule has 0 aliphatic heterocycles. The Hall–Kier alpha value is -2.29. The smallest absolute Gasteiger partial charge is 0.434 e. The zero-order valence-corrected chi connectivity index (χ0v) is 19.5. The lowest BCUT2D eigenvalue weighted by atomic mass is 10.2. The first-order valence-electron chi connectivity index (χ1n) is 11.2. The molecule has 0 unspecified atom stereocenters. The molecule has 0 amide bonds. The first-order chi connectivity index (χ1) is 14.5. The van der Waals surface area contributed by atoms with Gasteiger partial charge in [-0.1, -0.05) is 79.8 Å². The first-order valence-corrected chi connectivity index (χ1v) is 11.2. The summed E-state index contributed by atoms with van der Waals surface area (Å²) in [5.74, 6) is 0. The topological polar surface area (TPSA) is 35.5 Å². The Kier molecular flexibility index (Phi) is 18.5. The predicted molar refractivity (Wildman–Crippen MR) is 130 cm³/mol. The maximum absolute atomic E-state index is 11.4. The zero-order chi connectivity index (χ0) is 22.3. The third-order valence-electron chi connectivity index (χ3n) is 3.72. The second-order valence-electron chi connectivity index (χ2n) is 7.87. The average molecular weight is 415 g/mol. The number of unbranched alkanes of at least 4 members (excludes halogenated alkanes) is 1. The van der Waals surface area contributed by atoms with Crippen LogP contribution >= 0.6 is 0 Å². The molecule has 3 heteroatoms. The summed E-state index contributed by atoms with van der Waals surface area (Å²) >= 11 is 0. The van der Waals surface area contributed by atoms with E-state index in [0.29, 0.717) is 6.61 Å². The summed E-state index contributed by atoms with van der Waals surface area (Å²) in [5, 5.41) is 0. The summed E-state index contributed by atoms with van der Waals surface area (Å²) in [6.07, 6.45) is 33.4. The van der Waals surface area contributed by atoms with E-state index < -0.39 is 11.8 Å². The van der Waals surface area contributed by atoms with Crippen LogP contribution in [0.4, 0.5) is 4.79 Å². The Bertz CT molecular complexity index is 584. The van der Waals surface area contributed by atoms with Crippen molar-refractivity contribution in [2.45, 2.75) is 84.7 Å². The summed E-state index contributed by atoms with van der Waals surface area (Å²) in [6.45, 7) is 8.02. The van der Waals surface area contributed by atoms with Crippen LogP contribution in [-0.4, -0.2) is 18.4 Å². The van der Waals surface area contributed by atoms with Crippen molar-refractivity contribution in [3.05, 3.63) is 72.9 Å². The van der Waals surface area contributed by atoms with Crippen molar-refractivity contribution in [3.63, 3.8) is 0 Å². The normalized spacial score (nSPS) is 13.2. The van der Waals surface area contributed by atoms with Gasteiger partial charge in [0.05, 0.1) is 6.61 Å². The van der Waals surface area contributed by atoms with Crippen LogP contribution in [0.2, 0.25) is 0 Å². The second-order valence-corrected chi connectivity index (χ2v) is 7.87. The number of carbonyl (C=O) groups is 1. The van der Waals surface area contributed by atoms with E-state index in [0.717, 1.165) is 51.4 Å². The molecule has 0 aliphatic rings. The molecule has 0 radical (unpaired) electrons. The number of hydrogen-bond donors (Lipinski definition) is 0. The van der Waals surface area contributed by atoms with Gasteiger partial charge in [0.1, 0.15) is 5.60 Å². The van der Waals surface area contributed by atoms with Crippen LogP contribution in [0.25, 0.3) is 0 Å². The van der Waals surface area contributed by atoms with Gasteiger partial charge in [-0.05, 0) is 72.1 Å². The third-order valence-corrected chi connectivity index (χ3v) is 3.72. The van der Waals surface area contributed by atoms with Crippen LogP contribution < -0.4 is 0 Å². The minimum atomic E-state index is -0.592. The second kappa shape index (κ2) is 20.0. The van der Waals surface area contributed by atoms with Crippen molar-refractivity contribution in [1.29, 1.82) is 0 Å². The summed E-state index contributed by atoms with van der Waals surface area (Å²) in [4.78, 5) is 11.4. The van der Waals surface area contributed by atoms with Gasteiger partial charge in [-0.25, -0.2) is 4.79 Å². The molecule has 0 saturated carbocycles. The maximum Gasteiger partial charge on any atom is 0.508 e. The lowest BCUT2D eigenvalue weighted by Gasteiger charge is -2.18. The fourth-order valence-corrected chi connectivity index (χ4v) is 2.28. The maximum atomic E-state index is 11.4. The number of rotatable bonds is 15. The monoisotopic (exact) mass is 414 g/mol. The van der Waals surface area contributed by atoms with Gasteiger partial charge >= 0.3 is 6.16 Å². The van der Waals surface area contributed by atoms with E-state index in [1.165, 1.54) is 0 Å². The van der Waals surface area contributed by atoms with Crippen LogP contribution in [0.3, 0.4) is 0 Å². The van der Waals surface area contributed by atoms with Crippen molar-refractivity contribution in [2.75, 3.05) is 6.61 Å². The number of hydrogen-bond acceptors (Lipinski definition) is 3. The van der Waals surface area contributed by atoms with E-state index in [9.17, 15) is 4.79 Å². The zero-order valence-electron chi connectivity index (χ0n) is 19.5. The van der Waals surface area contributed by atoms with Gasteiger partial charge in [-0.15, -0.1) is 0 Å². The minimum absolute atomic E-state index is 0.390. The molecule has 3 nitrogen and oxygen atoms in total. The highest BCUT2D eigenvalue weighted by atomic mass is 16.7. The van der Waals surface area contributed by atoms with Gasteiger partial charge in [0.25, 0.3) is 0 Å². The molecule has 30 heavy (non-hydrogen) atoms. The van der Waals surface area contributed by atoms with Crippen molar-refractivity contribution < 1.29 is 14.3 Å². The molecule has 0 saturated heterocycles. The number of carbonyl (C=O) groups excluding carboxylic acids is 1. The fraction of sp³-hybridized carbons (Fsp3) is 0.519. The first kappa shape index (κ1) is 27.7. The van der Waals surface area contributed by atoms with Crippen molar-refractivity contribution in [3.8, 4) is 0 Å². The minimum Gasteiger partial charge on any atom is -0.434 e. The van der Waals surface area contributed by atoms with E-state index in [-0.39, 0.29) is 0 Å². The highest BCUT2D eigenvalue weighted by Crippen LogP contribution is 2.08. The summed E-state index contributed by atoms with van der Waals surface area (Å²) in [6, 6.07) is 0. The molecule has 0 rings (SSSR count). The van der Waals surface area contributed by atoms with E-state index in [1.807, 2.05) is 20.8 Å². The molecule has 168 valence electrons. The molecule has 0 spiro atoms. The standard InChI is InChI=1S/C27H42O3/c1-5-6-7-8-9-10-11-12-13-14-15-16-17-18-19-20-21-22-23-24-25-29-26(28)30-27(2,3)4/h6-7,9-10,12-13,15-16,18-19,21-22H,5,8,11,14,17,20,23-25H2,1-4H3/b7-6+,10-9+,13-12+,16-15+,19-18+,22-21+. The lowest BCUT2D eigenvalue weighted by molar-refractivity contribution is -0.00738. The predicted octanol–water partition coefficient (Wildman–Crippen LogP) is 8.42. The van der Waals surface area contributed by atoms with E-state index >= 15 is 0 Å². The summed E-state index contributed by atoms with van der Waals surface area (Å²) in [7, 11) is 0. The summed E-state index contributed by atoms with van der Waals surface area (Å²) in [5.41, 5.74) is -0.502. The molecule has 0 aromatic carbocycles. The molecule has 0 aliphatic carbocycles.